The van der Waals surface area contributed by atoms with E-state index in [9.17, 15) is 4.39 Å². The molecule has 0 aromatic heterocycles. The Morgan fingerprint density at radius 3 is 2.82 bits per heavy atom. The van der Waals surface area contributed by atoms with Gasteiger partial charge >= 0.3 is 0 Å². The Kier molecular flexibility index (Phi) is 3.32. The quantitative estimate of drug-likeness (QED) is 0.831. The van der Waals surface area contributed by atoms with Crippen molar-refractivity contribution in [3.8, 4) is 0 Å². The van der Waals surface area contributed by atoms with Gasteiger partial charge in [-0.25, -0.2) is 4.39 Å². The highest BCUT2D eigenvalue weighted by Gasteiger charge is 2.31. The summed E-state index contributed by atoms with van der Waals surface area (Å²) < 4.78 is 13.0. The van der Waals surface area contributed by atoms with Crippen molar-refractivity contribution < 1.29 is 4.39 Å². The zero-order valence-corrected chi connectivity index (χ0v) is 11.2. The van der Waals surface area contributed by atoms with E-state index in [1.807, 2.05) is 0 Å². The minimum absolute atomic E-state index is 0.0459. The van der Waals surface area contributed by atoms with Crippen molar-refractivity contribution >= 4 is 17.3 Å². The van der Waals surface area contributed by atoms with Gasteiger partial charge < -0.3 is 10.2 Å². The molecule has 0 aliphatic carbocycles. The molecule has 1 saturated heterocycles. The molecule has 0 radical (unpaired) electrons. The van der Waals surface area contributed by atoms with E-state index in [2.05, 4.69) is 31.0 Å². The normalized spacial score (nSPS) is 23.8. The molecule has 0 saturated carbocycles. The Morgan fingerprint density at radius 2 is 2.18 bits per heavy atom. The van der Waals surface area contributed by atoms with Gasteiger partial charge in [0.2, 0.25) is 0 Å². The van der Waals surface area contributed by atoms with Crippen molar-refractivity contribution in [1.29, 1.82) is 0 Å². The molecule has 17 heavy (non-hydrogen) atoms. The fraction of sp³-hybridized carbons (Fsp3) is 0.538. The molecular formula is C13H18ClFN2. The monoisotopic (exact) mass is 256 g/mol. The van der Waals surface area contributed by atoms with Crippen LogP contribution in [-0.2, 0) is 0 Å². The van der Waals surface area contributed by atoms with Crippen LogP contribution in [0.5, 0.6) is 0 Å². The molecule has 1 unspecified atom stereocenters. The molecular weight excluding hydrogens is 239 g/mol. The van der Waals surface area contributed by atoms with Crippen LogP contribution < -0.4 is 10.2 Å². The predicted octanol–water partition coefficient (Wildman–Crippen LogP) is 3.06. The van der Waals surface area contributed by atoms with Crippen LogP contribution in [0, 0.1) is 5.82 Å². The van der Waals surface area contributed by atoms with Gasteiger partial charge in [-0.15, -0.1) is 0 Å². The standard InChI is InChI=1S/C13H18ClFN2/c1-9-7-16-13(2,3)8-17(9)12-5-4-10(15)6-11(12)14/h4-6,9,16H,7-8H2,1-3H3. The number of piperazine rings is 1. The third-order valence-corrected chi connectivity index (χ3v) is 3.50. The van der Waals surface area contributed by atoms with E-state index in [1.54, 1.807) is 6.07 Å². The van der Waals surface area contributed by atoms with Crippen LogP contribution in [0.2, 0.25) is 5.02 Å². The fourth-order valence-corrected chi connectivity index (χ4v) is 2.48. The Balaban J connectivity index is 2.31. The first-order valence-electron chi connectivity index (χ1n) is 5.86. The second-order valence-electron chi connectivity index (χ2n) is 5.34. The third kappa shape index (κ3) is 2.72. The highest BCUT2D eigenvalue weighted by atomic mass is 35.5. The summed E-state index contributed by atoms with van der Waals surface area (Å²) in [6.07, 6.45) is 0. The molecule has 0 spiro atoms. The molecule has 0 bridgehead atoms. The maximum absolute atomic E-state index is 13.0. The summed E-state index contributed by atoms with van der Waals surface area (Å²) in [5, 5.41) is 3.96. The molecule has 1 atom stereocenters. The highest BCUT2D eigenvalue weighted by molar-refractivity contribution is 6.33. The van der Waals surface area contributed by atoms with Crippen LogP contribution in [0.15, 0.2) is 18.2 Å². The van der Waals surface area contributed by atoms with Gasteiger partial charge in [0, 0.05) is 24.7 Å². The zero-order valence-electron chi connectivity index (χ0n) is 10.4. The topological polar surface area (TPSA) is 15.3 Å². The SMILES string of the molecule is CC1CNC(C)(C)CN1c1ccc(F)cc1Cl. The number of hydrogen-bond acceptors (Lipinski definition) is 2. The second kappa shape index (κ2) is 4.46. The number of benzene rings is 1. The maximum atomic E-state index is 13.0. The van der Waals surface area contributed by atoms with Crippen molar-refractivity contribution in [2.24, 2.45) is 0 Å². The van der Waals surface area contributed by atoms with Gasteiger partial charge in [0.1, 0.15) is 5.82 Å². The minimum Gasteiger partial charge on any atom is -0.365 e. The summed E-state index contributed by atoms with van der Waals surface area (Å²) >= 11 is 6.12. The molecule has 1 aliphatic heterocycles. The summed E-state index contributed by atoms with van der Waals surface area (Å²) in [5.41, 5.74) is 0.958. The lowest BCUT2D eigenvalue weighted by molar-refractivity contribution is 0.318. The third-order valence-electron chi connectivity index (χ3n) is 3.19. The zero-order chi connectivity index (χ0) is 12.6. The van der Waals surface area contributed by atoms with E-state index in [-0.39, 0.29) is 11.4 Å². The van der Waals surface area contributed by atoms with Crippen molar-refractivity contribution in [3.63, 3.8) is 0 Å². The number of nitrogens with one attached hydrogen (secondary N) is 1. The average Bonchev–Trinajstić information content (AvgIpc) is 2.22. The smallest absolute Gasteiger partial charge is 0.124 e. The molecule has 1 aromatic rings. The number of nitrogens with zero attached hydrogens (tertiary/aromatic N) is 1. The van der Waals surface area contributed by atoms with Crippen LogP contribution in [0.1, 0.15) is 20.8 Å². The molecule has 1 aliphatic rings. The first-order chi connectivity index (χ1) is 7.89. The van der Waals surface area contributed by atoms with E-state index in [1.165, 1.54) is 12.1 Å². The average molecular weight is 257 g/mol. The molecule has 1 aromatic carbocycles. The van der Waals surface area contributed by atoms with E-state index < -0.39 is 0 Å². The van der Waals surface area contributed by atoms with Gasteiger partial charge in [-0.1, -0.05) is 11.6 Å². The molecule has 0 amide bonds. The first kappa shape index (κ1) is 12.7. The first-order valence-corrected chi connectivity index (χ1v) is 6.23. The van der Waals surface area contributed by atoms with Crippen LogP contribution in [0.3, 0.4) is 0 Å². The lowest BCUT2D eigenvalue weighted by Gasteiger charge is -2.45. The van der Waals surface area contributed by atoms with E-state index in [0.29, 0.717) is 11.1 Å². The van der Waals surface area contributed by atoms with Crippen molar-refractivity contribution in [2.45, 2.75) is 32.4 Å². The molecule has 94 valence electrons. The van der Waals surface area contributed by atoms with Gasteiger partial charge in [-0.05, 0) is 39.0 Å². The molecule has 2 rings (SSSR count). The number of halogens is 2. The van der Waals surface area contributed by atoms with Gasteiger partial charge in [-0.3, -0.25) is 0 Å². The predicted molar refractivity (Wildman–Crippen MR) is 70.3 cm³/mol. The maximum Gasteiger partial charge on any atom is 0.124 e. The van der Waals surface area contributed by atoms with Gasteiger partial charge in [-0.2, -0.15) is 0 Å². The van der Waals surface area contributed by atoms with Crippen molar-refractivity contribution in [1.82, 2.24) is 5.32 Å². The van der Waals surface area contributed by atoms with Crippen molar-refractivity contribution in [2.75, 3.05) is 18.0 Å². The Labute approximate surface area is 107 Å². The summed E-state index contributed by atoms with van der Waals surface area (Å²) in [6, 6.07) is 4.95. The Hall–Kier alpha value is -0.800. The summed E-state index contributed by atoms with van der Waals surface area (Å²) in [5.74, 6) is -0.291. The lowest BCUT2D eigenvalue weighted by atomic mass is 9.98. The molecule has 1 heterocycles. The number of anilines is 1. The van der Waals surface area contributed by atoms with E-state index >= 15 is 0 Å². The fourth-order valence-electron chi connectivity index (χ4n) is 2.21. The largest absolute Gasteiger partial charge is 0.365 e. The molecule has 1 fully saturated rings. The Bertz CT molecular complexity index is 420. The van der Waals surface area contributed by atoms with Crippen molar-refractivity contribution in [3.05, 3.63) is 29.0 Å². The number of hydrogen-bond donors (Lipinski definition) is 1. The molecule has 1 N–H and O–H groups in total. The second-order valence-corrected chi connectivity index (χ2v) is 5.74. The highest BCUT2D eigenvalue weighted by Crippen LogP contribution is 2.30. The number of rotatable bonds is 1. The summed E-state index contributed by atoms with van der Waals surface area (Å²) in [6.45, 7) is 8.22. The van der Waals surface area contributed by atoms with Crippen LogP contribution >= 0.6 is 11.6 Å². The lowest BCUT2D eigenvalue weighted by Crippen LogP contribution is -2.61. The Morgan fingerprint density at radius 1 is 1.47 bits per heavy atom. The van der Waals surface area contributed by atoms with Gasteiger partial charge in [0.25, 0.3) is 0 Å². The molecule has 4 heteroatoms. The summed E-state index contributed by atoms with van der Waals surface area (Å²) in [4.78, 5) is 2.23. The summed E-state index contributed by atoms with van der Waals surface area (Å²) in [7, 11) is 0. The van der Waals surface area contributed by atoms with E-state index in [4.69, 9.17) is 11.6 Å². The van der Waals surface area contributed by atoms with Gasteiger partial charge in [0.05, 0.1) is 10.7 Å². The van der Waals surface area contributed by atoms with E-state index in [0.717, 1.165) is 18.8 Å². The van der Waals surface area contributed by atoms with Crippen LogP contribution in [0.4, 0.5) is 10.1 Å². The molecule has 2 nitrogen and oxygen atoms in total. The van der Waals surface area contributed by atoms with Crippen LogP contribution in [-0.4, -0.2) is 24.7 Å². The van der Waals surface area contributed by atoms with Crippen LogP contribution in [0.25, 0.3) is 0 Å². The van der Waals surface area contributed by atoms with Gasteiger partial charge in [0.15, 0.2) is 0 Å². The minimum atomic E-state index is -0.291.